The average Bonchev–Trinajstić information content (AvgIpc) is 2.75. The highest BCUT2D eigenvalue weighted by atomic mass is 19.4. The van der Waals surface area contributed by atoms with E-state index in [-0.39, 0.29) is 0 Å². The molecule has 2 rings (SSSR count). The van der Waals surface area contributed by atoms with E-state index in [9.17, 15) is 13.2 Å². The summed E-state index contributed by atoms with van der Waals surface area (Å²) in [6.45, 7) is 5.92. The number of halogens is 3. The van der Waals surface area contributed by atoms with Gasteiger partial charge in [-0.3, -0.25) is 0 Å². The van der Waals surface area contributed by atoms with Crippen molar-refractivity contribution in [3.05, 3.63) is 41.7 Å². The van der Waals surface area contributed by atoms with Crippen LogP contribution in [0.3, 0.4) is 0 Å². The summed E-state index contributed by atoms with van der Waals surface area (Å²) in [7, 11) is 1.55. The highest BCUT2D eigenvalue weighted by Crippen LogP contribution is 2.30. The molecule has 0 aliphatic heterocycles. The van der Waals surface area contributed by atoms with E-state index >= 15 is 0 Å². The van der Waals surface area contributed by atoms with Crippen molar-refractivity contribution < 1.29 is 13.2 Å². The lowest BCUT2D eigenvalue weighted by Crippen LogP contribution is -2.04. The van der Waals surface area contributed by atoms with Crippen molar-refractivity contribution in [2.24, 2.45) is 7.05 Å². The maximum Gasteiger partial charge on any atom is 0.434 e. The number of nitrogens with zero attached hydrogens (tertiary/aromatic N) is 2. The second-order valence-corrected chi connectivity index (χ2v) is 3.92. The third-order valence-corrected chi connectivity index (χ3v) is 2.48. The van der Waals surface area contributed by atoms with Gasteiger partial charge in [-0.05, 0) is 6.92 Å². The summed E-state index contributed by atoms with van der Waals surface area (Å²) in [6.07, 6.45) is -3.41. The molecule has 0 amide bonds. The second kappa shape index (κ2) is 5.91. The molecular formula is C14H17F3N2. The number of hydrogen-bond donors (Lipinski definition) is 0. The molecule has 1 aromatic heterocycles. The zero-order valence-corrected chi connectivity index (χ0v) is 11.4. The maximum atomic E-state index is 12.5. The van der Waals surface area contributed by atoms with Crippen LogP contribution in [0, 0.1) is 6.92 Å². The van der Waals surface area contributed by atoms with Crippen molar-refractivity contribution in [3.8, 4) is 11.4 Å². The fourth-order valence-electron chi connectivity index (χ4n) is 1.57. The number of benzene rings is 1. The lowest BCUT2D eigenvalue weighted by atomic mass is 10.1. The van der Waals surface area contributed by atoms with Crippen LogP contribution in [0.5, 0.6) is 0 Å². The number of rotatable bonds is 1. The van der Waals surface area contributed by atoms with Crippen LogP contribution in [0.2, 0.25) is 0 Å². The lowest BCUT2D eigenvalue weighted by Gasteiger charge is -2.01. The molecule has 0 N–H and O–H groups in total. The fourth-order valence-corrected chi connectivity index (χ4v) is 1.57. The highest BCUT2D eigenvalue weighted by Gasteiger charge is 2.34. The first kappa shape index (κ1) is 15.3. The molecule has 19 heavy (non-hydrogen) atoms. The minimum Gasteiger partial charge on any atom is -0.333 e. The first-order chi connectivity index (χ1) is 8.88. The van der Waals surface area contributed by atoms with Crippen LogP contribution in [0.1, 0.15) is 25.1 Å². The lowest BCUT2D eigenvalue weighted by molar-refractivity contribution is -0.140. The molecule has 104 valence electrons. The molecule has 0 aliphatic rings. The van der Waals surface area contributed by atoms with E-state index in [4.69, 9.17) is 0 Å². The topological polar surface area (TPSA) is 17.8 Å². The molecule has 2 nitrogen and oxygen atoms in total. The van der Waals surface area contributed by atoms with Gasteiger partial charge >= 0.3 is 6.18 Å². The minimum atomic E-state index is -4.40. The first-order valence-electron chi connectivity index (χ1n) is 6.05. The molecule has 0 saturated carbocycles. The van der Waals surface area contributed by atoms with Crippen molar-refractivity contribution in [2.75, 3.05) is 0 Å². The normalized spacial score (nSPS) is 10.9. The monoisotopic (exact) mass is 270 g/mol. The molecule has 1 aromatic carbocycles. The number of alkyl halides is 3. The van der Waals surface area contributed by atoms with E-state index in [1.807, 2.05) is 32.9 Å². The predicted octanol–water partition coefficient (Wildman–Crippen LogP) is 4.44. The van der Waals surface area contributed by atoms with Gasteiger partial charge in [-0.1, -0.05) is 43.7 Å². The van der Waals surface area contributed by atoms with Gasteiger partial charge in [0.2, 0.25) is 0 Å². The predicted molar refractivity (Wildman–Crippen MR) is 69.7 cm³/mol. The van der Waals surface area contributed by atoms with Gasteiger partial charge in [-0.25, -0.2) is 4.98 Å². The molecule has 0 fully saturated rings. The molecule has 1 heterocycles. The fraction of sp³-hybridized carbons (Fsp3) is 0.357. The van der Waals surface area contributed by atoms with E-state index in [1.54, 1.807) is 19.2 Å². The molecule has 2 aromatic rings. The standard InChI is InChI=1S/C12H11F3N2.C2H6/c1-8-3-5-9(6-4-8)11-16-10(7-17(11)2)12(13,14)15;1-2/h3-7H,1-2H3;1-2H3. The molecule has 0 aliphatic carbocycles. The van der Waals surface area contributed by atoms with E-state index in [0.717, 1.165) is 11.8 Å². The summed E-state index contributed by atoms with van der Waals surface area (Å²) in [5.74, 6) is 0.317. The van der Waals surface area contributed by atoms with E-state index in [2.05, 4.69) is 4.98 Å². The van der Waals surface area contributed by atoms with Gasteiger partial charge in [0, 0.05) is 18.8 Å². The molecule has 5 heteroatoms. The van der Waals surface area contributed by atoms with Gasteiger partial charge < -0.3 is 4.57 Å². The summed E-state index contributed by atoms with van der Waals surface area (Å²) < 4.78 is 38.8. The Kier molecular flexibility index (Phi) is 4.75. The van der Waals surface area contributed by atoms with Gasteiger partial charge in [0.1, 0.15) is 5.82 Å². The molecule has 0 radical (unpaired) electrons. The van der Waals surface area contributed by atoms with Crippen LogP contribution in [0.4, 0.5) is 13.2 Å². The highest BCUT2D eigenvalue weighted by molar-refractivity contribution is 5.56. The van der Waals surface area contributed by atoms with Crippen LogP contribution in [-0.2, 0) is 13.2 Å². The summed E-state index contributed by atoms with van der Waals surface area (Å²) in [6, 6.07) is 7.21. The largest absolute Gasteiger partial charge is 0.434 e. The van der Waals surface area contributed by atoms with Crippen molar-refractivity contribution in [1.82, 2.24) is 9.55 Å². The van der Waals surface area contributed by atoms with Crippen LogP contribution < -0.4 is 0 Å². The molecule has 0 bridgehead atoms. The Labute approximate surface area is 110 Å². The van der Waals surface area contributed by atoms with Crippen molar-refractivity contribution in [2.45, 2.75) is 26.9 Å². The van der Waals surface area contributed by atoms with Gasteiger partial charge in [-0.15, -0.1) is 0 Å². The summed E-state index contributed by atoms with van der Waals surface area (Å²) >= 11 is 0. The smallest absolute Gasteiger partial charge is 0.333 e. The van der Waals surface area contributed by atoms with Crippen molar-refractivity contribution in [3.63, 3.8) is 0 Å². The Hall–Kier alpha value is -1.78. The Balaban J connectivity index is 0.000000861. The van der Waals surface area contributed by atoms with Crippen LogP contribution in [0.15, 0.2) is 30.5 Å². The Bertz CT molecular complexity index is 525. The van der Waals surface area contributed by atoms with Crippen molar-refractivity contribution in [1.29, 1.82) is 0 Å². The maximum absolute atomic E-state index is 12.5. The molecule has 0 atom stereocenters. The van der Waals surface area contributed by atoms with Gasteiger partial charge in [0.15, 0.2) is 5.69 Å². The number of imidazole rings is 1. The summed E-state index contributed by atoms with van der Waals surface area (Å²) in [5, 5.41) is 0. The Morgan fingerprint density at radius 3 is 2.00 bits per heavy atom. The minimum absolute atomic E-state index is 0.317. The number of hydrogen-bond acceptors (Lipinski definition) is 1. The Morgan fingerprint density at radius 1 is 1.05 bits per heavy atom. The van der Waals surface area contributed by atoms with Crippen LogP contribution in [-0.4, -0.2) is 9.55 Å². The van der Waals surface area contributed by atoms with Crippen molar-refractivity contribution >= 4 is 0 Å². The number of aromatic nitrogens is 2. The van der Waals surface area contributed by atoms with Crippen LogP contribution in [0.25, 0.3) is 11.4 Å². The number of aryl methyl sites for hydroxylation is 2. The summed E-state index contributed by atoms with van der Waals surface area (Å²) in [4.78, 5) is 3.62. The van der Waals surface area contributed by atoms with E-state index in [0.29, 0.717) is 11.4 Å². The quantitative estimate of drug-likeness (QED) is 0.749. The van der Waals surface area contributed by atoms with Gasteiger partial charge in [0.05, 0.1) is 0 Å². The molecular weight excluding hydrogens is 253 g/mol. The molecule has 0 saturated heterocycles. The van der Waals surface area contributed by atoms with Gasteiger partial charge in [-0.2, -0.15) is 13.2 Å². The third-order valence-electron chi connectivity index (χ3n) is 2.48. The Morgan fingerprint density at radius 2 is 1.58 bits per heavy atom. The molecule has 0 unspecified atom stereocenters. The summed E-state index contributed by atoms with van der Waals surface area (Å²) in [5.41, 5.74) is 0.864. The second-order valence-electron chi connectivity index (χ2n) is 3.92. The van der Waals surface area contributed by atoms with E-state index in [1.165, 1.54) is 4.57 Å². The van der Waals surface area contributed by atoms with E-state index < -0.39 is 11.9 Å². The first-order valence-corrected chi connectivity index (χ1v) is 6.05. The molecule has 0 spiro atoms. The SMILES string of the molecule is CC.Cc1ccc(-c2nc(C(F)(F)F)cn2C)cc1. The average molecular weight is 270 g/mol. The zero-order valence-electron chi connectivity index (χ0n) is 11.4. The third kappa shape index (κ3) is 3.59. The van der Waals surface area contributed by atoms with Gasteiger partial charge in [0.25, 0.3) is 0 Å². The zero-order chi connectivity index (χ0) is 14.6. The van der Waals surface area contributed by atoms with Crippen LogP contribution >= 0.6 is 0 Å².